The normalized spacial score (nSPS) is 18.0. The van der Waals surface area contributed by atoms with Crippen LogP contribution in [0.1, 0.15) is 11.1 Å². The van der Waals surface area contributed by atoms with Crippen molar-refractivity contribution in [2.75, 3.05) is 12.3 Å². The fraction of sp³-hybridized carbons (Fsp3) is 0.150. The van der Waals surface area contributed by atoms with E-state index in [9.17, 15) is 21.6 Å². The van der Waals surface area contributed by atoms with Gasteiger partial charge in [0.15, 0.2) is 5.84 Å². The number of amidine groups is 1. The molecule has 4 rings (SSSR count). The molecular formula is C20H15F3N2O3S. The van der Waals surface area contributed by atoms with Crippen LogP contribution in [0.3, 0.4) is 0 Å². The molecule has 0 saturated carbocycles. The van der Waals surface area contributed by atoms with Gasteiger partial charge in [-0.1, -0.05) is 12.1 Å². The highest BCUT2D eigenvalue weighted by molar-refractivity contribution is 7.90. The maximum absolute atomic E-state index is 12.6. The fourth-order valence-corrected chi connectivity index (χ4v) is 3.98. The van der Waals surface area contributed by atoms with E-state index >= 15 is 0 Å². The molecule has 0 saturated heterocycles. The highest BCUT2D eigenvalue weighted by Gasteiger charge is 2.30. The van der Waals surface area contributed by atoms with Crippen LogP contribution in [0.25, 0.3) is 5.57 Å². The van der Waals surface area contributed by atoms with E-state index in [-0.39, 0.29) is 11.5 Å². The van der Waals surface area contributed by atoms with Crippen molar-refractivity contribution < 1.29 is 26.3 Å². The molecule has 0 spiro atoms. The molecular weight excluding hydrogens is 405 g/mol. The number of nitrogens with zero attached hydrogens (tertiary/aromatic N) is 2. The Morgan fingerprint density at radius 3 is 2.21 bits per heavy atom. The number of allylic oxidation sites excluding steroid dienone is 2. The lowest BCUT2D eigenvalue weighted by atomic mass is 10.0. The highest BCUT2D eigenvalue weighted by atomic mass is 32.2. The van der Waals surface area contributed by atoms with Crippen LogP contribution in [0, 0.1) is 0 Å². The maximum Gasteiger partial charge on any atom is 0.416 e. The molecule has 0 fully saturated rings. The molecule has 9 heteroatoms. The Balaban J connectivity index is 1.54. The first-order valence-corrected chi connectivity index (χ1v) is 10.3. The monoisotopic (exact) mass is 420 g/mol. The molecule has 5 nitrogen and oxygen atoms in total. The van der Waals surface area contributed by atoms with Crippen LogP contribution in [0.2, 0.25) is 0 Å². The van der Waals surface area contributed by atoms with Gasteiger partial charge in [0, 0.05) is 18.3 Å². The first kappa shape index (κ1) is 19.3. The van der Waals surface area contributed by atoms with Crippen LogP contribution < -0.4 is 4.74 Å². The van der Waals surface area contributed by atoms with Crippen molar-refractivity contribution in [2.24, 2.45) is 4.40 Å². The van der Waals surface area contributed by atoms with E-state index in [1.165, 1.54) is 12.1 Å². The topological polar surface area (TPSA) is 59.0 Å². The Morgan fingerprint density at radius 2 is 1.59 bits per heavy atom. The summed E-state index contributed by atoms with van der Waals surface area (Å²) in [6.45, 7) is 0.337. The number of hydrogen-bond acceptors (Lipinski definition) is 4. The third-order valence-electron chi connectivity index (χ3n) is 4.44. The molecule has 2 aromatic rings. The van der Waals surface area contributed by atoms with Crippen molar-refractivity contribution in [3.63, 3.8) is 0 Å². The average molecular weight is 420 g/mol. The zero-order valence-corrected chi connectivity index (χ0v) is 15.7. The Bertz CT molecular complexity index is 1120. The lowest BCUT2D eigenvalue weighted by Crippen LogP contribution is -2.37. The number of benzene rings is 2. The van der Waals surface area contributed by atoms with E-state index in [4.69, 9.17) is 4.74 Å². The minimum absolute atomic E-state index is 0.0337. The smallest absolute Gasteiger partial charge is 0.416 e. The highest BCUT2D eigenvalue weighted by Crippen LogP contribution is 2.32. The van der Waals surface area contributed by atoms with Gasteiger partial charge in [0.2, 0.25) is 0 Å². The summed E-state index contributed by atoms with van der Waals surface area (Å²) in [6, 6.07) is 11.2. The first-order chi connectivity index (χ1) is 13.7. The second kappa shape index (κ2) is 7.07. The lowest BCUT2D eigenvalue weighted by molar-refractivity contribution is -0.137. The molecule has 0 aromatic heterocycles. The van der Waals surface area contributed by atoms with E-state index in [1.54, 1.807) is 41.4 Å². The van der Waals surface area contributed by atoms with Crippen LogP contribution in [0.5, 0.6) is 11.5 Å². The minimum Gasteiger partial charge on any atom is -0.457 e. The van der Waals surface area contributed by atoms with Crippen LogP contribution in [-0.2, 0) is 16.2 Å². The molecule has 0 bridgehead atoms. The summed E-state index contributed by atoms with van der Waals surface area (Å²) in [5, 5.41) is 0. The lowest BCUT2D eigenvalue weighted by Gasteiger charge is -2.29. The Hall–Kier alpha value is -3.07. The van der Waals surface area contributed by atoms with Crippen molar-refractivity contribution >= 4 is 21.4 Å². The molecule has 2 aliphatic heterocycles. The number of fused-ring (bicyclic) bond motifs is 1. The molecule has 0 unspecified atom stereocenters. The van der Waals surface area contributed by atoms with Gasteiger partial charge in [-0.2, -0.15) is 13.2 Å². The van der Waals surface area contributed by atoms with Gasteiger partial charge < -0.3 is 9.64 Å². The van der Waals surface area contributed by atoms with Crippen molar-refractivity contribution in [3.8, 4) is 11.5 Å². The maximum atomic E-state index is 12.6. The number of sulfonamides is 1. The molecule has 2 heterocycles. The Morgan fingerprint density at radius 1 is 0.966 bits per heavy atom. The molecule has 0 N–H and O–H groups in total. The molecule has 0 atom stereocenters. The number of hydrogen-bond donors (Lipinski definition) is 0. The summed E-state index contributed by atoms with van der Waals surface area (Å²) in [6.07, 6.45) is 0.978. The summed E-state index contributed by atoms with van der Waals surface area (Å²) >= 11 is 0. The van der Waals surface area contributed by atoms with Crippen LogP contribution >= 0.6 is 0 Å². The fourth-order valence-electron chi connectivity index (χ4n) is 2.99. The standard InChI is InChI=1S/C20H15F3N2O3S/c21-20(22,23)15-5-9-17(10-6-15)28-16-7-3-14(4-8-16)18-2-1-11-25-12-13-29(26,27)24-19(18)25/h1-11H,12-13H2. The summed E-state index contributed by atoms with van der Waals surface area (Å²) in [4.78, 5) is 1.78. The van der Waals surface area contributed by atoms with Crippen LogP contribution in [0.15, 0.2) is 71.3 Å². The molecule has 0 aliphatic carbocycles. The van der Waals surface area contributed by atoms with Gasteiger partial charge in [0.1, 0.15) is 11.5 Å². The van der Waals surface area contributed by atoms with Crippen molar-refractivity contribution in [1.82, 2.24) is 4.90 Å². The summed E-state index contributed by atoms with van der Waals surface area (Å²) < 4.78 is 71.1. The molecule has 2 aliphatic rings. The number of rotatable bonds is 3. The molecule has 0 radical (unpaired) electrons. The molecule has 29 heavy (non-hydrogen) atoms. The zero-order chi connectivity index (χ0) is 20.6. The predicted octanol–water partition coefficient (Wildman–Crippen LogP) is 4.45. The van der Waals surface area contributed by atoms with E-state index in [0.29, 0.717) is 23.7 Å². The zero-order valence-electron chi connectivity index (χ0n) is 14.9. The van der Waals surface area contributed by atoms with Gasteiger partial charge in [-0.15, -0.1) is 4.40 Å². The van der Waals surface area contributed by atoms with Crippen LogP contribution in [0.4, 0.5) is 13.2 Å². The Kier molecular flexibility index (Phi) is 4.70. The van der Waals surface area contributed by atoms with Crippen molar-refractivity contribution in [3.05, 3.63) is 78.0 Å². The Labute approximate surface area is 165 Å². The summed E-state index contributed by atoms with van der Waals surface area (Å²) in [5.41, 5.74) is 0.664. The second-order valence-corrected chi connectivity index (χ2v) is 8.22. The SMILES string of the molecule is O=S1(=O)CCN2C=CC=C(c3ccc(Oc4ccc(C(F)(F)F)cc4)cc3)C2=N1. The van der Waals surface area contributed by atoms with E-state index in [0.717, 1.165) is 17.7 Å². The van der Waals surface area contributed by atoms with Crippen LogP contribution in [-0.4, -0.2) is 31.5 Å². The third kappa shape index (κ3) is 4.19. The number of alkyl halides is 3. The summed E-state index contributed by atoms with van der Waals surface area (Å²) in [5.74, 6) is 1.05. The van der Waals surface area contributed by atoms with Gasteiger partial charge in [-0.3, -0.25) is 0 Å². The van der Waals surface area contributed by atoms with Gasteiger partial charge >= 0.3 is 6.18 Å². The van der Waals surface area contributed by atoms with Gasteiger partial charge in [0.05, 0.1) is 11.3 Å². The van der Waals surface area contributed by atoms with E-state index < -0.39 is 21.8 Å². The van der Waals surface area contributed by atoms with Gasteiger partial charge in [-0.05, 0) is 54.1 Å². The largest absolute Gasteiger partial charge is 0.457 e. The number of halogens is 3. The summed E-state index contributed by atoms with van der Waals surface area (Å²) in [7, 11) is -3.49. The first-order valence-electron chi connectivity index (χ1n) is 8.65. The molecule has 2 aromatic carbocycles. The molecule has 150 valence electrons. The molecule has 0 amide bonds. The number of ether oxygens (including phenoxy) is 1. The van der Waals surface area contributed by atoms with Crippen molar-refractivity contribution in [2.45, 2.75) is 6.18 Å². The van der Waals surface area contributed by atoms with E-state index in [2.05, 4.69) is 4.40 Å². The van der Waals surface area contributed by atoms with E-state index in [1.807, 2.05) is 6.08 Å². The average Bonchev–Trinajstić information content (AvgIpc) is 2.67. The van der Waals surface area contributed by atoms with Crippen molar-refractivity contribution in [1.29, 1.82) is 0 Å². The minimum atomic E-state index is -4.40. The van der Waals surface area contributed by atoms with Gasteiger partial charge in [0.25, 0.3) is 10.0 Å². The van der Waals surface area contributed by atoms with Gasteiger partial charge in [-0.25, -0.2) is 8.42 Å². The third-order valence-corrected chi connectivity index (χ3v) is 5.59. The quantitative estimate of drug-likeness (QED) is 0.736. The second-order valence-electron chi connectivity index (χ2n) is 6.46. The predicted molar refractivity (Wildman–Crippen MR) is 103 cm³/mol.